The van der Waals surface area contributed by atoms with Crippen molar-refractivity contribution in [1.82, 2.24) is 19.9 Å². The van der Waals surface area contributed by atoms with E-state index in [9.17, 15) is 4.79 Å². The van der Waals surface area contributed by atoms with E-state index in [2.05, 4.69) is 62.6 Å². The maximum absolute atomic E-state index is 11.4. The number of anilines is 4. The molecule has 2 aliphatic rings. The maximum Gasteiger partial charge on any atom is 0.305 e. The monoisotopic (exact) mass is 501 g/mol. The second kappa shape index (κ2) is 11.1. The third-order valence-corrected chi connectivity index (χ3v) is 7.16. The van der Waals surface area contributed by atoms with Crippen LogP contribution in [0.4, 0.5) is 23.1 Å². The summed E-state index contributed by atoms with van der Waals surface area (Å²) in [6, 6.07) is 13.6. The summed E-state index contributed by atoms with van der Waals surface area (Å²) in [4.78, 5) is 30.1. The van der Waals surface area contributed by atoms with Crippen molar-refractivity contribution in [2.24, 2.45) is 0 Å². The van der Waals surface area contributed by atoms with Crippen LogP contribution in [-0.4, -0.2) is 71.2 Å². The summed E-state index contributed by atoms with van der Waals surface area (Å²) >= 11 is 0. The fourth-order valence-electron chi connectivity index (χ4n) is 5.26. The zero-order chi connectivity index (χ0) is 25.8. The van der Waals surface area contributed by atoms with Crippen molar-refractivity contribution >= 4 is 29.1 Å². The Labute approximate surface area is 218 Å². The zero-order valence-corrected chi connectivity index (χ0v) is 21.8. The van der Waals surface area contributed by atoms with Crippen LogP contribution in [-0.2, 0) is 9.53 Å². The number of pyridine rings is 1. The summed E-state index contributed by atoms with van der Waals surface area (Å²) in [5, 5.41) is 6.59. The summed E-state index contributed by atoms with van der Waals surface area (Å²) in [6.07, 6.45) is 5.90. The van der Waals surface area contributed by atoms with E-state index < -0.39 is 0 Å². The fraction of sp³-hybridized carbons (Fsp3) is 0.429. The third kappa shape index (κ3) is 5.83. The molecule has 2 N–H and O–H groups in total. The normalized spacial score (nSPS) is 18.7. The van der Waals surface area contributed by atoms with Gasteiger partial charge in [0.1, 0.15) is 5.82 Å². The average Bonchev–Trinajstić information content (AvgIpc) is 3.47. The van der Waals surface area contributed by atoms with E-state index in [0.29, 0.717) is 44.0 Å². The molecular weight excluding hydrogens is 466 g/mol. The van der Waals surface area contributed by atoms with E-state index in [1.807, 2.05) is 25.1 Å². The van der Waals surface area contributed by atoms with Gasteiger partial charge in [0, 0.05) is 67.5 Å². The van der Waals surface area contributed by atoms with Crippen LogP contribution in [0.3, 0.4) is 0 Å². The summed E-state index contributed by atoms with van der Waals surface area (Å²) in [5.41, 5.74) is 5.25. The smallest absolute Gasteiger partial charge is 0.305 e. The first-order valence-corrected chi connectivity index (χ1v) is 13.0. The van der Waals surface area contributed by atoms with Gasteiger partial charge in [0.2, 0.25) is 5.95 Å². The molecule has 2 atom stereocenters. The van der Waals surface area contributed by atoms with Crippen molar-refractivity contribution in [1.29, 1.82) is 0 Å². The minimum absolute atomic E-state index is 0.168. The molecule has 0 spiro atoms. The predicted octanol–water partition coefficient (Wildman–Crippen LogP) is 4.24. The second-order valence-electron chi connectivity index (χ2n) is 9.79. The zero-order valence-electron chi connectivity index (χ0n) is 21.8. The molecule has 4 heterocycles. The van der Waals surface area contributed by atoms with Gasteiger partial charge in [-0.05, 0) is 75.7 Å². The molecule has 5 rings (SSSR count). The molecule has 2 aliphatic heterocycles. The number of esters is 1. The number of fused-ring (bicyclic) bond motifs is 2. The highest BCUT2D eigenvalue weighted by molar-refractivity contribution is 5.69. The van der Waals surface area contributed by atoms with Crippen molar-refractivity contribution in [3.63, 3.8) is 0 Å². The molecule has 0 amide bonds. The Morgan fingerprint density at radius 1 is 1.14 bits per heavy atom. The van der Waals surface area contributed by atoms with E-state index in [1.165, 1.54) is 17.7 Å². The number of carbonyl (C=O) groups excluding carboxylic acids is 1. The molecule has 2 saturated heterocycles. The average molecular weight is 502 g/mol. The van der Waals surface area contributed by atoms with Crippen LogP contribution in [0.25, 0.3) is 11.3 Å². The number of carbonyl (C=O) groups is 1. The molecule has 194 valence electrons. The van der Waals surface area contributed by atoms with Crippen LogP contribution in [0, 0.1) is 6.92 Å². The molecule has 0 radical (unpaired) electrons. The number of aryl methyl sites for hydroxylation is 1. The van der Waals surface area contributed by atoms with Gasteiger partial charge in [0.15, 0.2) is 0 Å². The molecule has 37 heavy (non-hydrogen) atoms. The highest BCUT2D eigenvalue weighted by atomic mass is 16.5. The van der Waals surface area contributed by atoms with Gasteiger partial charge in [-0.3, -0.25) is 9.69 Å². The van der Waals surface area contributed by atoms with Gasteiger partial charge in [0.25, 0.3) is 0 Å². The second-order valence-corrected chi connectivity index (χ2v) is 9.79. The first-order valence-electron chi connectivity index (χ1n) is 13.0. The lowest BCUT2D eigenvalue weighted by Gasteiger charge is -2.34. The summed E-state index contributed by atoms with van der Waals surface area (Å²) in [6.45, 7) is 7.31. The molecule has 0 saturated carbocycles. The first-order chi connectivity index (χ1) is 18.0. The van der Waals surface area contributed by atoms with Crippen molar-refractivity contribution in [3.8, 4) is 11.3 Å². The molecule has 2 bridgehead atoms. The summed E-state index contributed by atoms with van der Waals surface area (Å²) < 4.78 is 4.95. The van der Waals surface area contributed by atoms with Crippen LogP contribution in [0.15, 0.2) is 48.8 Å². The number of aromatic nitrogens is 3. The fourth-order valence-corrected chi connectivity index (χ4v) is 5.26. The van der Waals surface area contributed by atoms with E-state index in [4.69, 9.17) is 9.72 Å². The molecule has 0 unspecified atom stereocenters. The number of rotatable bonds is 10. The third-order valence-electron chi connectivity index (χ3n) is 7.16. The lowest BCUT2D eigenvalue weighted by atomic mass is 10.1. The van der Waals surface area contributed by atoms with Crippen molar-refractivity contribution in [3.05, 3.63) is 54.4 Å². The number of likely N-dealkylation sites (tertiary alicyclic amines) is 1. The summed E-state index contributed by atoms with van der Waals surface area (Å²) in [5.74, 6) is 1.14. The Hall–Kier alpha value is -3.72. The topological polar surface area (TPSA) is 95.5 Å². The predicted molar refractivity (Wildman–Crippen MR) is 146 cm³/mol. The van der Waals surface area contributed by atoms with Gasteiger partial charge in [-0.15, -0.1) is 0 Å². The quantitative estimate of drug-likeness (QED) is 0.312. The van der Waals surface area contributed by atoms with Crippen LogP contribution in [0.5, 0.6) is 0 Å². The Kier molecular flexibility index (Phi) is 7.50. The number of likely N-dealkylation sites (N-methyl/N-ethyl adjacent to an activating group) is 1. The molecule has 1 aromatic carbocycles. The Bertz CT molecular complexity index is 1230. The molecule has 9 nitrogen and oxygen atoms in total. The lowest BCUT2D eigenvalue weighted by Crippen LogP contribution is -2.44. The van der Waals surface area contributed by atoms with Gasteiger partial charge in [-0.2, -0.15) is 0 Å². The highest BCUT2D eigenvalue weighted by Crippen LogP contribution is 2.36. The van der Waals surface area contributed by atoms with Gasteiger partial charge in [-0.25, -0.2) is 15.0 Å². The van der Waals surface area contributed by atoms with E-state index in [1.54, 1.807) is 12.4 Å². The first kappa shape index (κ1) is 25.0. The Morgan fingerprint density at radius 3 is 2.73 bits per heavy atom. The molecule has 0 aliphatic carbocycles. The van der Waals surface area contributed by atoms with Gasteiger partial charge >= 0.3 is 5.97 Å². The van der Waals surface area contributed by atoms with Crippen LogP contribution in [0.1, 0.15) is 31.7 Å². The van der Waals surface area contributed by atoms with E-state index in [0.717, 1.165) is 35.9 Å². The minimum Gasteiger partial charge on any atom is -0.466 e. The van der Waals surface area contributed by atoms with Crippen LogP contribution in [0.2, 0.25) is 0 Å². The SMILES string of the molecule is CCOC(=O)CCCNc1ccc(-c2ccnc(Nc3ccc(N4C[C@@H]5C[C@H]4CN5C)c(C)c3)n2)cn1. The largest absolute Gasteiger partial charge is 0.466 e. The van der Waals surface area contributed by atoms with Gasteiger partial charge < -0.3 is 20.3 Å². The van der Waals surface area contributed by atoms with Crippen molar-refractivity contribution in [2.45, 2.75) is 45.2 Å². The number of piperazine rings is 1. The van der Waals surface area contributed by atoms with Gasteiger partial charge in [0.05, 0.1) is 12.3 Å². The molecule has 3 aromatic rings. The van der Waals surface area contributed by atoms with Crippen molar-refractivity contribution < 1.29 is 9.53 Å². The minimum atomic E-state index is -0.168. The number of hydrogen-bond acceptors (Lipinski definition) is 9. The van der Waals surface area contributed by atoms with Crippen LogP contribution >= 0.6 is 0 Å². The van der Waals surface area contributed by atoms with E-state index in [-0.39, 0.29) is 5.97 Å². The Balaban J connectivity index is 1.18. The molecule has 9 heteroatoms. The number of ether oxygens (including phenoxy) is 1. The molecular formula is C28H35N7O2. The molecule has 2 aromatic heterocycles. The summed E-state index contributed by atoms with van der Waals surface area (Å²) in [7, 11) is 2.23. The lowest BCUT2D eigenvalue weighted by molar-refractivity contribution is -0.143. The number of nitrogens with zero attached hydrogens (tertiary/aromatic N) is 5. The number of hydrogen-bond donors (Lipinski definition) is 2. The maximum atomic E-state index is 11.4. The van der Waals surface area contributed by atoms with Crippen molar-refractivity contribution in [2.75, 3.05) is 48.8 Å². The van der Waals surface area contributed by atoms with Gasteiger partial charge in [-0.1, -0.05) is 0 Å². The standard InChI is InChI=1S/C28H35N7O2/c1-4-37-27(36)6-5-12-29-26-10-7-20(16-31-26)24-11-13-30-28(33-24)32-21-8-9-25(19(2)14-21)35-18-22-15-23(35)17-34(22)3/h7-11,13-14,16,22-23H,4-6,12,15,17-18H2,1-3H3,(H,29,31)(H,30,32,33)/t22-,23-/m0/s1. The van der Waals surface area contributed by atoms with Crippen LogP contribution < -0.4 is 15.5 Å². The molecule has 2 fully saturated rings. The Morgan fingerprint density at radius 2 is 2.03 bits per heavy atom. The number of nitrogens with one attached hydrogen (secondary N) is 2. The van der Waals surface area contributed by atoms with E-state index >= 15 is 0 Å². The number of benzene rings is 1. The highest BCUT2D eigenvalue weighted by Gasteiger charge is 2.41.